The molecule has 0 aliphatic carbocycles. The molecule has 0 bridgehead atoms. The molecule has 1 atom stereocenters. The Kier molecular flexibility index (Phi) is 7.14. The number of rotatable bonds is 4. The predicted molar refractivity (Wildman–Crippen MR) is 85.8 cm³/mol. The van der Waals surface area contributed by atoms with Crippen LogP contribution < -0.4 is 5.32 Å². The average Bonchev–Trinajstić information content (AvgIpc) is 3.02. The number of hydrogen-bond donors (Lipinski definition) is 2. The average molecular weight is 379 g/mol. The van der Waals surface area contributed by atoms with Crippen molar-refractivity contribution in [1.29, 1.82) is 0 Å². The molecule has 0 spiro atoms. The van der Waals surface area contributed by atoms with Crippen LogP contribution in [0.2, 0.25) is 0 Å². The van der Waals surface area contributed by atoms with Gasteiger partial charge in [0.2, 0.25) is 0 Å². The molecule has 19 heavy (non-hydrogen) atoms. The summed E-state index contributed by atoms with van der Waals surface area (Å²) in [6.45, 7) is 3.43. The molecule has 1 fully saturated rings. The minimum atomic E-state index is 0. The Bertz CT molecular complexity index is 375. The van der Waals surface area contributed by atoms with Crippen molar-refractivity contribution in [3.8, 4) is 0 Å². The third-order valence-electron chi connectivity index (χ3n) is 3.12. The number of halogens is 1. The lowest BCUT2D eigenvalue weighted by Crippen LogP contribution is -2.41. The van der Waals surface area contributed by atoms with Gasteiger partial charge in [0, 0.05) is 39.4 Å². The third kappa shape index (κ3) is 4.98. The van der Waals surface area contributed by atoms with E-state index in [0.717, 1.165) is 37.8 Å². The van der Waals surface area contributed by atoms with Gasteiger partial charge in [-0.2, -0.15) is 5.10 Å². The van der Waals surface area contributed by atoms with Crippen LogP contribution in [0.15, 0.2) is 17.3 Å². The number of ether oxygens (including phenoxy) is 1. The van der Waals surface area contributed by atoms with E-state index in [2.05, 4.69) is 32.5 Å². The largest absolute Gasteiger partial charge is 0.381 e. The van der Waals surface area contributed by atoms with Crippen molar-refractivity contribution in [2.45, 2.75) is 13.0 Å². The number of hydrogen-bond acceptors (Lipinski definition) is 3. The quantitative estimate of drug-likeness (QED) is 0.467. The molecule has 1 aromatic rings. The number of aromatic nitrogens is 2. The monoisotopic (exact) mass is 379 g/mol. The molecule has 7 heteroatoms. The van der Waals surface area contributed by atoms with Gasteiger partial charge in [-0.3, -0.25) is 10.1 Å². The van der Waals surface area contributed by atoms with Gasteiger partial charge in [-0.05, 0) is 12.5 Å². The van der Waals surface area contributed by atoms with E-state index in [1.807, 2.05) is 6.07 Å². The molecular formula is C12H22IN5O. The Morgan fingerprint density at radius 3 is 3.11 bits per heavy atom. The van der Waals surface area contributed by atoms with Crippen LogP contribution in [0.4, 0.5) is 0 Å². The van der Waals surface area contributed by atoms with E-state index in [0.29, 0.717) is 12.5 Å². The molecule has 0 radical (unpaired) electrons. The molecule has 0 saturated carbocycles. The highest BCUT2D eigenvalue weighted by atomic mass is 127. The Hall–Kier alpha value is -0.830. The van der Waals surface area contributed by atoms with Gasteiger partial charge >= 0.3 is 0 Å². The first kappa shape index (κ1) is 16.2. The highest BCUT2D eigenvalue weighted by Gasteiger charge is 2.18. The van der Waals surface area contributed by atoms with Crippen LogP contribution in [-0.4, -0.2) is 54.9 Å². The van der Waals surface area contributed by atoms with Gasteiger partial charge in [-0.1, -0.05) is 0 Å². The lowest BCUT2D eigenvalue weighted by molar-refractivity contribution is 0.181. The smallest absolute Gasteiger partial charge is 0.193 e. The lowest BCUT2D eigenvalue weighted by Gasteiger charge is -2.24. The van der Waals surface area contributed by atoms with Crippen LogP contribution >= 0.6 is 24.0 Å². The number of H-pyrrole nitrogens is 1. The molecule has 2 heterocycles. The number of nitrogens with one attached hydrogen (secondary N) is 2. The summed E-state index contributed by atoms with van der Waals surface area (Å²) in [6.07, 6.45) is 2.89. The first-order chi connectivity index (χ1) is 8.79. The summed E-state index contributed by atoms with van der Waals surface area (Å²) in [4.78, 5) is 6.43. The van der Waals surface area contributed by atoms with Gasteiger partial charge in [0.25, 0.3) is 0 Å². The van der Waals surface area contributed by atoms with E-state index in [1.165, 1.54) is 0 Å². The zero-order valence-electron chi connectivity index (χ0n) is 11.4. The Labute approximate surface area is 131 Å². The molecule has 1 aliphatic heterocycles. The molecule has 0 amide bonds. The van der Waals surface area contributed by atoms with Crippen molar-refractivity contribution in [3.63, 3.8) is 0 Å². The summed E-state index contributed by atoms with van der Waals surface area (Å²) in [6, 6.07) is 1.95. The second kappa shape index (κ2) is 8.36. The van der Waals surface area contributed by atoms with Crippen molar-refractivity contribution in [3.05, 3.63) is 18.0 Å². The SMILES string of the molecule is CN=C(NCc1ccn[nH]1)N(C)CC1CCOC1.I. The Morgan fingerprint density at radius 1 is 1.68 bits per heavy atom. The molecular weight excluding hydrogens is 357 g/mol. The summed E-state index contributed by atoms with van der Waals surface area (Å²) < 4.78 is 5.39. The van der Waals surface area contributed by atoms with E-state index in [4.69, 9.17) is 4.74 Å². The third-order valence-corrected chi connectivity index (χ3v) is 3.12. The van der Waals surface area contributed by atoms with Crippen molar-refractivity contribution in [2.75, 3.05) is 33.9 Å². The summed E-state index contributed by atoms with van der Waals surface area (Å²) in [7, 11) is 3.86. The van der Waals surface area contributed by atoms with E-state index >= 15 is 0 Å². The number of nitrogens with zero attached hydrogens (tertiary/aromatic N) is 3. The lowest BCUT2D eigenvalue weighted by atomic mass is 10.1. The van der Waals surface area contributed by atoms with Gasteiger partial charge in [-0.25, -0.2) is 0 Å². The fourth-order valence-electron chi connectivity index (χ4n) is 2.14. The van der Waals surface area contributed by atoms with E-state index < -0.39 is 0 Å². The molecule has 0 aromatic carbocycles. The first-order valence-corrected chi connectivity index (χ1v) is 6.27. The maximum Gasteiger partial charge on any atom is 0.193 e. The van der Waals surface area contributed by atoms with Gasteiger partial charge in [0.15, 0.2) is 5.96 Å². The van der Waals surface area contributed by atoms with Crippen molar-refractivity contribution in [2.24, 2.45) is 10.9 Å². The number of aromatic amines is 1. The predicted octanol–water partition coefficient (Wildman–Crippen LogP) is 1.07. The van der Waals surface area contributed by atoms with Gasteiger partial charge in [0.05, 0.1) is 18.8 Å². The maximum atomic E-state index is 5.39. The molecule has 2 N–H and O–H groups in total. The molecule has 1 aliphatic rings. The van der Waals surface area contributed by atoms with Crippen molar-refractivity contribution >= 4 is 29.9 Å². The minimum Gasteiger partial charge on any atom is -0.381 e. The van der Waals surface area contributed by atoms with Gasteiger partial charge < -0.3 is 15.0 Å². The molecule has 1 aromatic heterocycles. The van der Waals surface area contributed by atoms with E-state index in [1.54, 1.807) is 13.2 Å². The van der Waals surface area contributed by atoms with E-state index in [-0.39, 0.29) is 24.0 Å². The van der Waals surface area contributed by atoms with Crippen LogP contribution in [-0.2, 0) is 11.3 Å². The normalized spacial score (nSPS) is 19.1. The number of aliphatic imine (C=N–C) groups is 1. The molecule has 2 rings (SSSR count). The molecule has 1 saturated heterocycles. The zero-order valence-corrected chi connectivity index (χ0v) is 13.8. The van der Waals surface area contributed by atoms with Crippen LogP contribution in [0.3, 0.4) is 0 Å². The van der Waals surface area contributed by atoms with Gasteiger partial charge in [-0.15, -0.1) is 24.0 Å². The fourth-order valence-corrected chi connectivity index (χ4v) is 2.14. The summed E-state index contributed by atoms with van der Waals surface area (Å²) >= 11 is 0. The van der Waals surface area contributed by atoms with Crippen molar-refractivity contribution < 1.29 is 4.74 Å². The van der Waals surface area contributed by atoms with Crippen LogP contribution in [0.25, 0.3) is 0 Å². The Balaban J connectivity index is 0.00000180. The molecule has 108 valence electrons. The molecule has 1 unspecified atom stereocenters. The summed E-state index contributed by atoms with van der Waals surface area (Å²) in [5, 5.41) is 10.2. The maximum absolute atomic E-state index is 5.39. The highest BCUT2D eigenvalue weighted by Crippen LogP contribution is 2.13. The van der Waals surface area contributed by atoms with Crippen LogP contribution in [0.1, 0.15) is 12.1 Å². The topological polar surface area (TPSA) is 65.5 Å². The summed E-state index contributed by atoms with van der Waals surface area (Å²) in [5.41, 5.74) is 1.05. The molecule has 6 nitrogen and oxygen atoms in total. The minimum absolute atomic E-state index is 0. The number of guanidine groups is 1. The Morgan fingerprint density at radius 2 is 2.53 bits per heavy atom. The van der Waals surface area contributed by atoms with Crippen LogP contribution in [0, 0.1) is 5.92 Å². The van der Waals surface area contributed by atoms with Gasteiger partial charge in [0.1, 0.15) is 0 Å². The fraction of sp³-hybridized carbons (Fsp3) is 0.667. The first-order valence-electron chi connectivity index (χ1n) is 6.27. The zero-order chi connectivity index (χ0) is 12.8. The summed E-state index contributed by atoms with van der Waals surface area (Å²) in [5.74, 6) is 1.51. The highest BCUT2D eigenvalue weighted by molar-refractivity contribution is 14.0. The second-order valence-electron chi connectivity index (χ2n) is 4.59. The standard InChI is InChI=1S/C12H21N5O.HI/c1-13-12(14-7-11-3-5-15-16-11)17(2)8-10-4-6-18-9-10;/h3,5,10H,4,6-9H2,1-2H3,(H,13,14)(H,15,16);1H. The van der Waals surface area contributed by atoms with Crippen molar-refractivity contribution in [1.82, 2.24) is 20.4 Å². The second-order valence-corrected chi connectivity index (χ2v) is 4.59. The van der Waals surface area contributed by atoms with E-state index in [9.17, 15) is 0 Å². The van der Waals surface area contributed by atoms with Crippen LogP contribution in [0.5, 0.6) is 0 Å².